The van der Waals surface area contributed by atoms with E-state index < -0.39 is 5.82 Å². The van der Waals surface area contributed by atoms with Crippen LogP contribution in [0.5, 0.6) is 0 Å². The van der Waals surface area contributed by atoms with Crippen LogP contribution < -0.4 is 5.73 Å². The van der Waals surface area contributed by atoms with Gasteiger partial charge in [0.15, 0.2) is 0 Å². The third kappa shape index (κ3) is 3.45. The summed E-state index contributed by atoms with van der Waals surface area (Å²) in [5.41, 5.74) is 5.54. The fourth-order valence-corrected chi connectivity index (χ4v) is 2.48. The molecule has 1 saturated heterocycles. The van der Waals surface area contributed by atoms with E-state index >= 15 is 0 Å². The second kappa shape index (κ2) is 6.17. The van der Waals surface area contributed by atoms with Crippen LogP contribution in [-0.2, 0) is 9.59 Å². The van der Waals surface area contributed by atoms with E-state index in [1.807, 2.05) is 0 Å². The van der Waals surface area contributed by atoms with Crippen LogP contribution in [0.15, 0.2) is 28.7 Å². The van der Waals surface area contributed by atoms with Crippen molar-refractivity contribution in [3.63, 3.8) is 0 Å². The molecular weight excluding hydrogens is 327 g/mol. The van der Waals surface area contributed by atoms with E-state index in [0.29, 0.717) is 25.1 Å². The highest BCUT2D eigenvalue weighted by molar-refractivity contribution is 9.10. The van der Waals surface area contributed by atoms with Gasteiger partial charge < -0.3 is 10.6 Å². The van der Waals surface area contributed by atoms with Gasteiger partial charge in [-0.15, -0.1) is 0 Å². The maximum atomic E-state index is 13.5. The Morgan fingerprint density at radius 3 is 2.85 bits per heavy atom. The van der Waals surface area contributed by atoms with Crippen molar-refractivity contribution >= 4 is 33.8 Å². The summed E-state index contributed by atoms with van der Waals surface area (Å²) in [4.78, 5) is 24.5. The molecule has 106 valence electrons. The molecule has 0 spiro atoms. The van der Waals surface area contributed by atoms with Gasteiger partial charge in [0.25, 0.3) is 0 Å². The number of nitrogens with two attached hydrogens (primary N) is 1. The maximum Gasteiger partial charge on any atom is 0.246 e. The fraction of sp³-hybridized carbons (Fsp3) is 0.286. The second-order valence-electron chi connectivity index (χ2n) is 4.67. The summed E-state index contributed by atoms with van der Waals surface area (Å²) in [6.45, 7) is 0.831. The molecule has 2 rings (SSSR count). The molecule has 0 saturated carbocycles. The number of rotatable bonds is 3. The van der Waals surface area contributed by atoms with E-state index in [4.69, 9.17) is 5.73 Å². The van der Waals surface area contributed by atoms with Crippen LogP contribution >= 0.6 is 15.9 Å². The van der Waals surface area contributed by atoms with Gasteiger partial charge in [-0.3, -0.25) is 9.59 Å². The van der Waals surface area contributed by atoms with Crippen molar-refractivity contribution in [3.8, 4) is 0 Å². The standard InChI is InChI=1S/C14H14BrFN2O2/c15-11-2-3-12(16)9(7-11)1-4-13(19)18-6-5-10(8-18)14(17)20/h1-4,7,10H,5-6,8H2,(H2,17,20)/b4-1-/t10-/m0/s1. The Hall–Kier alpha value is -1.69. The minimum atomic E-state index is -0.395. The van der Waals surface area contributed by atoms with Crippen molar-refractivity contribution in [2.45, 2.75) is 6.42 Å². The first-order valence-corrected chi connectivity index (χ1v) is 6.98. The molecule has 1 aromatic rings. The molecule has 0 aliphatic carbocycles. The van der Waals surface area contributed by atoms with E-state index in [0.717, 1.165) is 4.47 Å². The zero-order valence-corrected chi connectivity index (χ0v) is 12.3. The Morgan fingerprint density at radius 1 is 1.45 bits per heavy atom. The fourth-order valence-electron chi connectivity index (χ4n) is 2.10. The molecule has 0 bridgehead atoms. The Morgan fingerprint density at radius 2 is 2.20 bits per heavy atom. The van der Waals surface area contributed by atoms with Gasteiger partial charge >= 0.3 is 0 Å². The first kappa shape index (κ1) is 14.7. The normalized spacial score (nSPS) is 18.7. The molecule has 0 unspecified atom stereocenters. The number of primary amides is 1. The number of benzene rings is 1. The lowest BCUT2D eigenvalue weighted by atomic mass is 10.1. The number of carbonyl (C=O) groups is 2. The maximum absolute atomic E-state index is 13.5. The number of likely N-dealkylation sites (tertiary alicyclic amines) is 1. The van der Waals surface area contributed by atoms with Crippen molar-refractivity contribution in [1.82, 2.24) is 4.90 Å². The monoisotopic (exact) mass is 340 g/mol. The Balaban J connectivity index is 2.03. The van der Waals surface area contributed by atoms with Gasteiger partial charge in [0, 0.05) is 29.2 Å². The van der Waals surface area contributed by atoms with E-state index in [9.17, 15) is 14.0 Å². The topological polar surface area (TPSA) is 63.4 Å². The molecule has 2 amide bonds. The molecule has 1 fully saturated rings. The van der Waals surface area contributed by atoms with Gasteiger partial charge in [0.1, 0.15) is 5.82 Å². The summed E-state index contributed by atoms with van der Waals surface area (Å²) in [5, 5.41) is 0. The molecule has 20 heavy (non-hydrogen) atoms. The van der Waals surface area contributed by atoms with Crippen LogP contribution in [0, 0.1) is 11.7 Å². The molecule has 0 radical (unpaired) electrons. The minimum Gasteiger partial charge on any atom is -0.369 e. The van der Waals surface area contributed by atoms with Gasteiger partial charge in [-0.05, 0) is 30.7 Å². The van der Waals surface area contributed by atoms with Gasteiger partial charge in [0.2, 0.25) is 11.8 Å². The molecule has 1 aromatic carbocycles. The lowest BCUT2D eigenvalue weighted by Gasteiger charge is -2.13. The van der Waals surface area contributed by atoms with E-state index in [2.05, 4.69) is 15.9 Å². The first-order valence-electron chi connectivity index (χ1n) is 6.18. The van der Waals surface area contributed by atoms with Crippen molar-refractivity contribution < 1.29 is 14.0 Å². The van der Waals surface area contributed by atoms with Gasteiger partial charge in [-0.25, -0.2) is 4.39 Å². The van der Waals surface area contributed by atoms with Crippen molar-refractivity contribution in [2.24, 2.45) is 11.7 Å². The SMILES string of the molecule is NC(=O)[C@H]1CCN(C(=O)/C=C\c2cc(Br)ccc2F)C1. The van der Waals surface area contributed by atoms with Crippen molar-refractivity contribution in [3.05, 3.63) is 40.1 Å². The zero-order valence-electron chi connectivity index (χ0n) is 10.7. The average Bonchev–Trinajstić information content (AvgIpc) is 2.89. The lowest BCUT2D eigenvalue weighted by Crippen LogP contribution is -2.30. The highest BCUT2D eigenvalue weighted by atomic mass is 79.9. The number of halogens is 2. The highest BCUT2D eigenvalue weighted by Crippen LogP contribution is 2.18. The predicted octanol–water partition coefficient (Wildman–Crippen LogP) is 1.94. The molecule has 1 atom stereocenters. The number of amides is 2. The third-order valence-electron chi connectivity index (χ3n) is 3.27. The summed E-state index contributed by atoms with van der Waals surface area (Å²) < 4.78 is 14.2. The van der Waals surface area contributed by atoms with Gasteiger partial charge in [-0.1, -0.05) is 15.9 Å². The highest BCUT2D eigenvalue weighted by Gasteiger charge is 2.28. The lowest BCUT2D eigenvalue weighted by molar-refractivity contribution is -0.125. The average molecular weight is 341 g/mol. The largest absolute Gasteiger partial charge is 0.369 e. The predicted molar refractivity (Wildman–Crippen MR) is 77.0 cm³/mol. The molecule has 1 heterocycles. The smallest absolute Gasteiger partial charge is 0.246 e. The first-order chi connectivity index (χ1) is 9.47. The minimum absolute atomic E-state index is 0.242. The number of hydrogen-bond donors (Lipinski definition) is 1. The molecule has 1 aliphatic rings. The molecule has 0 aromatic heterocycles. The van der Waals surface area contributed by atoms with Crippen LogP contribution in [0.4, 0.5) is 4.39 Å². The summed E-state index contributed by atoms with van der Waals surface area (Å²) in [6.07, 6.45) is 3.33. The van der Waals surface area contributed by atoms with Gasteiger partial charge in [0.05, 0.1) is 5.92 Å². The molecule has 2 N–H and O–H groups in total. The van der Waals surface area contributed by atoms with Crippen molar-refractivity contribution in [1.29, 1.82) is 0 Å². The summed E-state index contributed by atoms with van der Waals surface area (Å²) >= 11 is 3.25. The molecular formula is C14H14BrFN2O2. The van der Waals surface area contributed by atoms with Gasteiger partial charge in [-0.2, -0.15) is 0 Å². The van der Waals surface area contributed by atoms with Crippen LogP contribution in [0.25, 0.3) is 6.08 Å². The zero-order chi connectivity index (χ0) is 14.7. The quantitative estimate of drug-likeness (QED) is 0.854. The third-order valence-corrected chi connectivity index (χ3v) is 3.76. The van der Waals surface area contributed by atoms with E-state index in [1.54, 1.807) is 17.0 Å². The van der Waals surface area contributed by atoms with Crippen LogP contribution in [-0.4, -0.2) is 29.8 Å². The molecule has 4 nitrogen and oxygen atoms in total. The second-order valence-corrected chi connectivity index (χ2v) is 5.59. The summed E-state index contributed by atoms with van der Waals surface area (Å²) in [5.74, 6) is -1.31. The Kier molecular flexibility index (Phi) is 4.54. The summed E-state index contributed by atoms with van der Waals surface area (Å²) in [7, 11) is 0. The van der Waals surface area contributed by atoms with E-state index in [-0.39, 0.29) is 17.7 Å². The Labute approximate surface area is 124 Å². The Bertz CT molecular complexity index is 574. The van der Waals surface area contributed by atoms with E-state index in [1.165, 1.54) is 18.2 Å². The number of carbonyl (C=O) groups excluding carboxylic acids is 2. The molecule has 6 heteroatoms. The van der Waals surface area contributed by atoms with Crippen LogP contribution in [0.1, 0.15) is 12.0 Å². The number of hydrogen-bond acceptors (Lipinski definition) is 2. The summed E-state index contributed by atoms with van der Waals surface area (Å²) in [6, 6.07) is 4.51. The van der Waals surface area contributed by atoms with Crippen LogP contribution in [0.3, 0.4) is 0 Å². The van der Waals surface area contributed by atoms with Crippen molar-refractivity contribution in [2.75, 3.05) is 13.1 Å². The molecule has 1 aliphatic heterocycles. The number of nitrogens with zero attached hydrogens (tertiary/aromatic N) is 1. The van der Waals surface area contributed by atoms with Crippen LogP contribution in [0.2, 0.25) is 0 Å².